The van der Waals surface area contributed by atoms with Crippen molar-refractivity contribution in [1.82, 2.24) is 10.2 Å². The summed E-state index contributed by atoms with van der Waals surface area (Å²) in [4.78, 5) is 11.7. The summed E-state index contributed by atoms with van der Waals surface area (Å²) in [5, 5.41) is 20.3. The fraction of sp³-hybridized carbons (Fsp3) is 0.100. The predicted octanol–water partition coefficient (Wildman–Crippen LogP) is 0.604. The van der Waals surface area contributed by atoms with E-state index in [0.717, 1.165) is 5.69 Å². The molecule has 2 heterocycles. The van der Waals surface area contributed by atoms with Crippen LogP contribution in [0.1, 0.15) is 16.2 Å². The van der Waals surface area contributed by atoms with E-state index in [1.54, 1.807) is 18.2 Å². The third-order valence-corrected chi connectivity index (χ3v) is 2.00. The van der Waals surface area contributed by atoms with Gasteiger partial charge in [-0.1, -0.05) is 0 Å². The smallest absolute Gasteiger partial charge is 0.322 e. The molecular weight excluding hydrogens is 208 g/mol. The molecule has 2 aromatic rings. The lowest BCUT2D eigenvalue weighted by molar-refractivity contribution is -0.607. The number of nitrogens with zero attached hydrogens (tertiary/aromatic N) is 2. The van der Waals surface area contributed by atoms with E-state index in [1.807, 2.05) is 6.92 Å². The lowest BCUT2D eigenvalue weighted by Crippen LogP contribution is -2.36. The summed E-state index contributed by atoms with van der Waals surface area (Å²) in [5.74, 6) is -0.0894. The van der Waals surface area contributed by atoms with Crippen molar-refractivity contribution in [2.45, 2.75) is 6.92 Å². The second kappa shape index (κ2) is 4.01. The van der Waals surface area contributed by atoms with Gasteiger partial charge in [0.2, 0.25) is 0 Å². The zero-order valence-electron chi connectivity index (χ0n) is 8.60. The number of hydrogen-bond acceptors (Lipinski definition) is 3. The van der Waals surface area contributed by atoms with Crippen molar-refractivity contribution in [1.29, 1.82) is 0 Å². The number of nitrogens with one attached hydrogen (secondary N) is 2. The minimum atomic E-state index is -0.484. The third kappa shape index (κ3) is 2.00. The van der Waals surface area contributed by atoms with Gasteiger partial charge in [-0.05, 0) is 13.0 Å². The van der Waals surface area contributed by atoms with Crippen LogP contribution in [0, 0.1) is 12.1 Å². The molecule has 0 fully saturated rings. The van der Waals surface area contributed by atoms with E-state index in [-0.39, 0.29) is 5.69 Å². The SMILES string of the molecule is Cc1cc(NC(=O)c2cccc[n+]2[O-])n[nH]1. The number of carbonyl (C=O) groups is 1. The molecule has 0 spiro atoms. The highest BCUT2D eigenvalue weighted by Gasteiger charge is 2.15. The monoisotopic (exact) mass is 218 g/mol. The van der Waals surface area contributed by atoms with Gasteiger partial charge in [0.1, 0.15) is 0 Å². The quantitative estimate of drug-likeness (QED) is 0.572. The highest BCUT2D eigenvalue weighted by Crippen LogP contribution is 2.05. The largest absolute Gasteiger partial charge is 0.618 e. The highest BCUT2D eigenvalue weighted by molar-refractivity contribution is 6.01. The number of anilines is 1. The number of pyridine rings is 1. The number of hydrogen-bond donors (Lipinski definition) is 2. The van der Waals surface area contributed by atoms with Crippen LogP contribution in [-0.2, 0) is 0 Å². The Labute approximate surface area is 91.5 Å². The lowest BCUT2D eigenvalue weighted by atomic mass is 10.3. The first-order valence-corrected chi connectivity index (χ1v) is 4.68. The number of aryl methyl sites for hydroxylation is 1. The van der Waals surface area contributed by atoms with Gasteiger partial charge in [-0.3, -0.25) is 15.2 Å². The molecular formula is C10H10N4O2. The molecule has 0 bridgehead atoms. The van der Waals surface area contributed by atoms with Crippen molar-refractivity contribution in [3.63, 3.8) is 0 Å². The predicted molar refractivity (Wildman–Crippen MR) is 56.7 cm³/mol. The Morgan fingerprint density at radius 1 is 1.56 bits per heavy atom. The Balaban J connectivity index is 2.18. The lowest BCUT2D eigenvalue weighted by Gasteiger charge is -2.02. The van der Waals surface area contributed by atoms with Crippen LogP contribution in [0.25, 0.3) is 0 Å². The minimum absolute atomic E-state index is 0.0307. The van der Waals surface area contributed by atoms with Gasteiger partial charge >= 0.3 is 5.91 Å². The molecule has 0 radical (unpaired) electrons. The minimum Gasteiger partial charge on any atom is -0.618 e. The van der Waals surface area contributed by atoms with Gasteiger partial charge in [-0.15, -0.1) is 0 Å². The van der Waals surface area contributed by atoms with E-state index in [2.05, 4.69) is 15.5 Å². The molecule has 0 aromatic carbocycles. The fourth-order valence-corrected chi connectivity index (χ4v) is 1.27. The van der Waals surface area contributed by atoms with Crippen LogP contribution < -0.4 is 10.0 Å². The summed E-state index contributed by atoms with van der Waals surface area (Å²) in [6.45, 7) is 1.82. The Bertz CT molecular complexity index is 521. The molecule has 2 aromatic heterocycles. The summed E-state index contributed by atoms with van der Waals surface area (Å²) >= 11 is 0. The second-order valence-corrected chi connectivity index (χ2v) is 3.30. The molecule has 82 valence electrons. The maximum absolute atomic E-state index is 11.7. The summed E-state index contributed by atoms with van der Waals surface area (Å²) in [6, 6.07) is 6.30. The maximum atomic E-state index is 11.7. The summed E-state index contributed by atoms with van der Waals surface area (Å²) in [6.07, 6.45) is 1.27. The third-order valence-electron chi connectivity index (χ3n) is 2.00. The van der Waals surface area contributed by atoms with E-state index < -0.39 is 5.91 Å². The molecule has 0 unspecified atom stereocenters. The van der Waals surface area contributed by atoms with Gasteiger partial charge in [0.15, 0.2) is 12.0 Å². The molecule has 0 aliphatic rings. The number of H-pyrrole nitrogens is 1. The molecule has 0 saturated heterocycles. The van der Waals surface area contributed by atoms with Crippen LogP contribution in [0.3, 0.4) is 0 Å². The van der Waals surface area contributed by atoms with Crippen molar-refractivity contribution in [3.05, 3.63) is 47.1 Å². The molecule has 2 N–H and O–H groups in total. The molecule has 0 aliphatic heterocycles. The van der Waals surface area contributed by atoms with E-state index >= 15 is 0 Å². The molecule has 6 nitrogen and oxygen atoms in total. The highest BCUT2D eigenvalue weighted by atomic mass is 16.5. The van der Waals surface area contributed by atoms with Crippen molar-refractivity contribution >= 4 is 11.7 Å². The average Bonchev–Trinajstić information content (AvgIpc) is 2.64. The van der Waals surface area contributed by atoms with Gasteiger partial charge in [0, 0.05) is 23.9 Å². The average molecular weight is 218 g/mol. The molecule has 1 amide bonds. The van der Waals surface area contributed by atoms with Crippen LogP contribution >= 0.6 is 0 Å². The van der Waals surface area contributed by atoms with Crippen LogP contribution in [0.5, 0.6) is 0 Å². The molecule has 2 rings (SSSR count). The molecule has 0 aliphatic carbocycles. The van der Waals surface area contributed by atoms with Crippen molar-refractivity contribution < 1.29 is 9.52 Å². The van der Waals surface area contributed by atoms with Crippen LogP contribution in [0.2, 0.25) is 0 Å². The topological polar surface area (TPSA) is 84.7 Å². The molecule has 0 saturated carbocycles. The van der Waals surface area contributed by atoms with E-state index in [9.17, 15) is 10.0 Å². The summed E-state index contributed by atoms with van der Waals surface area (Å²) in [7, 11) is 0. The van der Waals surface area contributed by atoms with Gasteiger partial charge in [-0.2, -0.15) is 9.83 Å². The zero-order valence-corrected chi connectivity index (χ0v) is 8.60. The molecule has 6 heteroatoms. The van der Waals surface area contributed by atoms with E-state index in [4.69, 9.17) is 0 Å². The first-order valence-electron chi connectivity index (χ1n) is 4.68. The maximum Gasteiger partial charge on any atom is 0.322 e. The van der Waals surface area contributed by atoms with Crippen LogP contribution in [0.15, 0.2) is 30.5 Å². The first-order chi connectivity index (χ1) is 7.66. The number of aromatic nitrogens is 3. The Morgan fingerprint density at radius 3 is 3.00 bits per heavy atom. The van der Waals surface area contributed by atoms with Gasteiger partial charge in [-0.25, -0.2) is 0 Å². The van der Waals surface area contributed by atoms with Crippen molar-refractivity contribution in [2.24, 2.45) is 0 Å². The second-order valence-electron chi connectivity index (χ2n) is 3.30. The first kappa shape index (κ1) is 10.2. The molecule has 0 atom stereocenters. The van der Waals surface area contributed by atoms with Gasteiger partial charge < -0.3 is 5.21 Å². The van der Waals surface area contributed by atoms with Crippen LogP contribution in [-0.4, -0.2) is 16.1 Å². The number of aromatic amines is 1. The van der Waals surface area contributed by atoms with Crippen LogP contribution in [0.4, 0.5) is 5.82 Å². The molecule has 16 heavy (non-hydrogen) atoms. The summed E-state index contributed by atoms with van der Waals surface area (Å²) in [5.41, 5.74) is 0.863. The summed E-state index contributed by atoms with van der Waals surface area (Å²) < 4.78 is 0.509. The van der Waals surface area contributed by atoms with Crippen molar-refractivity contribution in [2.75, 3.05) is 5.32 Å². The standard InChI is InChI=1S/C10H10N4O2/c1-7-6-9(13-12-7)11-10(15)8-4-2-3-5-14(8)16/h2-6H,1H3,(H2,11,12,13,15). The normalized spacial score (nSPS) is 10.1. The fourth-order valence-electron chi connectivity index (χ4n) is 1.27. The number of rotatable bonds is 2. The Kier molecular flexibility index (Phi) is 2.55. The van der Waals surface area contributed by atoms with E-state index in [0.29, 0.717) is 10.5 Å². The number of carbonyl (C=O) groups excluding carboxylic acids is 1. The van der Waals surface area contributed by atoms with Gasteiger partial charge in [0.05, 0.1) is 0 Å². The Morgan fingerprint density at radius 2 is 2.38 bits per heavy atom. The van der Waals surface area contributed by atoms with Gasteiger partial charge in [0.25, 0.3) is 5.69 Å². The Hall–Kier alpha value is -2.37. The van der Waals surface area contributed by atoms with Crippen molar-refractivity contribution in [3.8, 4) is 0 Å². The number of amides is 1. The van der Waals surface area contributed by atoms with E-state index in [1.165, 1.54) is 12.3 Å². The zero-order chi connectivity index (χ0) is 11.5.